The number of rotatable bonds is 4. The molecule has 7 unspecified atom stereocenters. The fourth-order valence-electron chi connectivity index (χ4n) is 7.31. The number of benzene rings is 1. The average molecular weight is 427 g/mol. The van der Waals surface area contributed by atoms with Gasteiger partial charge in [0.05, 0.1) is 29.5 Å². The van der Waals surface area contributed by atoms with Crippen LogP contribution in [0, 0.1) is 22.7 Å². The van der Waals surface area contributed by atoms with Gasteiger partial charge in [-0.25, -0.2) is 4.79 Å². The highest BCUT2D eigenvalue weighted by Gasteiger charge is 2.64. The summed E-state index contributed by atoms with van der Waals surface area (Å²) in [4.78, 5) is 12.6. The van der Waals surface area contributed by atoms with Crippen molar-refractivity contribution in [3.8, 4) is 0 Å². The molecule has 1 aromatic rings. The fourth-order valence-corrected chi connectivity index (χ4v) is 7.31. The van der Waals surface area contributed by atoms with E-state index in [1.807, 2.05) is 24.3 Å². The van der Waals surface area contributed by atoms with Gasteiger partial charge in [0.2, 0.25) is 0 Å². The lowest BCUT2D eigenvalue weighted by atomic mass is 9.43. The molecule has 0 radical (unpaired) electrons. The van der Waals surface area contributed by atoms with Gasteiger partial charge in [-0.3, -0.25) is 0 Å². The molecule has 0 aromatic heterocycles. The van der Waals surface area contributed by atoms with Gasteiger partial charge in [-0.2, -0.15) is 0 Å². The maximum absolute atomic E-state index is 12.6. The number of carbonyl (C=O) groups is 1. The minimum atomic E-state index is -0.471. The Morgan fingerprint density at radius 2 is 1.77 bits per heavy atom. The van der Waals surface area contributed by atoms with E-state index in [-0.39, 0.29) is 35.1 Å². The number of esters is 1. The van der Waals surface area contributed by atoms with E-state index < -0.39 is 11.5 Å². The number of hydrogen-bond acceptors (Lipinski definition) is 4. The molecule has 2 aliphatic carbocycles. The van der Waals surface area contributed by atoms with Crippen LogP contribution < -0.4 is 0 Å². The van der Waals surface area contributed by atoms with Crippen molar-refractivity contribution in [3.05, 3.63) is 48.6 Å². The summed E-state index contributed by atoms with van der Waals surface area (Å²) in [5, 5.41) is 11.1. The minimum Gasteiger partial charge on any atom is -0.461 e. The number of carbonyl (C=O) groups excluding carboxylic acids is 1. The second kappa shape index (κ2) is 7.74. The van der Waals surface area contributed by atoms with Crippen molar-refractivity contribution < 1.29 is 19.4 Å². The molecule has 170 valence electrons. The van der Waals surface area contributed by atoms with E-state index in [0.29, 0.717) is 11.5 Å². The van der Waals surface area contributed by atoms with Gasteiger partial charge in [0, 0.05) is 5.41 Å². The third-order valence-corrected chi connectivity index (χ3v) is 9.12. The molecule has 1 saturated heterocycles. The summed E-state index contributed by atoms with van der Waals surface area (Å²) in [7, 11) is 0. The van der Waals surface area contributed by atoms with E-state index >= 15 is 0 Å². The van der Waals surface area contributed by atoms with Crippen LogP contribution in [0.3, 0.4) is 0 Å². The predicted molar refractivity (Wildman–Crippen MR) is 122 cm³/mol. The second-order valence-corrected chi connectivity index (χ2v) is 11.1. The number of hydrogen-bond donors (Lipinski definition) is 1. The Hall–Kier alpha value is -1.65. The normalized spacial score (nSPS) is 44.6. The summed E-state index contributed by atoms with van der Waals surface area (Å²) in [6.45, 7) is 13.2. The van der Waals surface area contributed by atoms with Crippen molar-refractivity contribution in [1.82, 2.24) is 0 Å². The predicted octanol–water partition coefficient (Wildman–Crippen LogP) is 5.55. The van der Waals surface area contributed by atoms with Gasteiger partial charge in [0.25, 0.3) is 0 Å². The molecular formula is C27H38O4. The Bertz CT molecular complexity index is 837. The Labute approximate surface area is 187 Å². The van der Waals surface area contributed by atoms with Crippen LogP contribution in [0.5, 0.6) is 0 Å². The first-order valence-corrected chi connectivity index (χ1v) is 11.8. The molecule has 3 fully saturated rings. The summed E-state index contributed by atoms with van der Waals surface area (Å²) in [5.41, 5.74) is -0.312. The quantitative estimate of drug-likeness (QED) is 0.506. The summed E-state index contributed by atoms with van der Waals surface area (Å²) >= 11 is 0. The topological polar surface area (TPSA) is 55.8 Å². The zero-order chi connectivity index (χ0) is 22.5. The number of aliphatic hydroxyl groups is 1. The third kappa shape index (κ3) is 3.66. The van der Waals surface area contributed by atoms with Crippen LogP contribution >= 0.6 is 0 Å². The molecule has 3 aliphatic rings. The van der Waals surface area contributed by atoms with E-state index in [1.165, 1.54) is 0 Å². The number of ether oxygens (including phenoxy) is 2. The molecule has 1 N–H and O–H groups in total. The molecule has 1 aromatic carbocycles. The van der Waals surface area contributed by atoms with E-state index in [9.17, 15) is 9.90 Å². The lowest BCUT2D eigenvalue weighted by Gasteiger charge is -2.66. The van der Waals surface area contributed by atoms with Gasteiger partial charge in [-0.1, -0.05) is 38.1 Å². The van der Waals surface area contributed by atoms with Crippen LogP contribution in [-0.2, 0) is 9.47 Å². The maximum atomic E-state index is 12.6. The standard InChI is InChI=1S/C27H38O4/c1-6-24(2)15-12-21-25(3)16-14-22(28)26(4,20(25)13-17-27(21,5)31-24)18-30-23(29)19-10-8-7-9-11-19/h6-11,20-22,28H,1,12-18H2,2-5H3. The van der Waals surface area contributed by atoms with Crippen molar-refractivity contribution in [2.45, 2.75) is 83.5 Å². The van der Waals surface area contributed by atoms with Crippen LogP contribution in [0.25, 0.3) is 0 Å². The van der Waals surface area contributed by atoms with Crippen molar-refractivity contribution in [1.29, 1.82) is 0 Å². The van der Waals surface area contributed by atoms with Gasteiger partial charge in [0.1, 0.15) is 0 Å². The zero-order valence-corrected chi connectivity index (χ0v) is 19.5. The molecule has 7 atom stereocenters. The first-order valence-electron chi connectivity index (χ1n) is 11.8. The Morgan fingerprint density at radius 3 is 2.45 bits per heavy atom. The molecule has 31 heavy (non-hydrogen) atoms. The summed E-state index contributed by atoms with van der Waals surface area (Å²) in [6.07, 6.45) is 7.20. The summed E-state index contributed by atoms with van der Waals surface area (Å²) < 4.78 is 12.5. The Morgan fingerprint density at radius 1 is 1.10 bits per heavy atom. The lowest BCUT2D eigenvalue weighted by molar-refractivity contribution is -0.267. The van der Waals surface area contributed by atoms with Gasteiger partial charge in [0.15, 0.2) is 0 Å². The van der Waals surface area contributed by atoms with Crippen LogP contribution in [0.4, 0.5) is 0 Å². The highest BCUT2D eigenvalue weighted by atomic mass is 16.5. The van der Waals surface area contributed by atoms with Crippen LogP contribution in [0.1, 0.15) is 76.6 Å². The molecule has 4 rings (SSSR count). The molecule has 4 nitrogen and oxygen atoms in total. The zero-order valence-electron chi connectivity index (χ0n) is 19.5. The molecular weight excluding hydrogens is 388 g/mol. The number of aliphatic hydroxyl groups excluding tert-OH is 1. The third-order valence-electron chi connectivity index (χ3n) is 9.12. The van der Waals surface area contributed by atoms with Crippen LogP contribution in [0.15, 0.2) is 43.0 Å². The van der Waals surface area contributed by atoms with Gasteiger partial charge >= 0.3 is 5.97 Å². The summed E-state index contributed by atoms with van der Waals surface area (Å²) in [5.74, 6) is 0.384. The van der Waals surface area contributed by atoms with E-state index in [1.54, 1.807) is 12.1 Å². The van der Waals surface area contributed by atoms with E-state index in [2.05, 4.69) is 34.3 Å². The molecule has 0 bridgehead atoms. The molecule has 0 spiro atoms. The molecule has 4 heteroatoms. The fraction of sp³-hybridized carbons (Fsp3) is 0.667. The number of fused-ring (bicyclic) bond motifs is 3. The molecule has 0 amide bonds. The highest BCUT2D eigenvalue weighted by Crippen LogP contribution is 2.65. The average Bonchev–Trinajstić information content (AvgIpc) is 2.75. The summed E-state index contributed by atoms with van der Waals surface area (Å²) in [6, 6.07) is 9.11. The Balaban J connectivity index is 1.57. The van der Waals surface area contributed by atoms with Gasteiger partial charge in [-0.05, 0) is 81.8 Å². The lowest BCUT2D eigenvalue weighted by Crippen LogP contribution is -2.65. The van der Waals surface area contributed by atoms with Crippen molar-refractivity contribution in [3.63, 3.8) is 0 Å². The smallest absolute Gasteiger partial charge is 0.338 e. The first-order chi connectivity index (χ1) is 14.6. The van der Waals surface area contributed by atoms with Crippen LogP contribution in [-0.4, -0.2) is 35.0 Å². The van der Waals surface area contributed by atoms with E-state index in [0.717, 1.165) is 38.5 Å². The van der Waals surface area contributed by atoms with E-state index in [4.69, 9.17) is 9.47 Å². The van der Waals surface area contributed by atoms with Crippen molar-refractivity contribution >= 4 is 5.97 Å². The highest BCUT2D eigenvalue weighted by molar-refractivity contribution is 5.89. The maximum Gasteiger partial charge on any atom is 0.338 e. The molecule has 2 saturated carbocycles. The monoisotopic (exact) mass is 426 g/mol. The molecule has 1 aliphatic heterocycles. The second-order valence-electron chi connectivity index (χ2n) is 11.1. The van der Waals surface area contributed by atoms with Crippen LogP contribution in [0.2, 0.25) is 0 Å². The SMILES string of the molecule is C=CC1(C)CCC2C(C)(CCC3C(C)(COC(=O)c4ccccc4)C(O)CCC23C)O1. The minimum absolute atomic E-state index is 0.0443. The van der Waals surface area contributed by atoms with Gasteiger partial charge in [-0.15, -0.1) is 6.58 Å². The largest absolute Gasteiger partial charge is 0.461 e. The molecule has 1 heterocycles. The first kappa shape index (κ1) is 22.5. The van der Waals surface area contributed by atoms with Gasteiger partial charge < -0.3 is 14.6 Å². The van der Waals surface area contributed by atoms with Crippen molar-refractivity contribution in [2.24, 2.45) is 22.7 Å². The van der Waals surface area contributed by atoms with Crippen molar-refractivity contribution in [2.75, 3.05) is 6.61 Å². The Kier molecular flexibility index (Phi) is 5.63.